The molecule has 0 amide bonds. The van der Waals surface area contributed by atoms with E-state index in [4.69, 9.17) is 10.3 Å². The van der Waals surface area contributed by atoms with Crippen molar-refractivity contribution in [2.75, 3.05) is 0 Å². The minimum Gasteiger partial charge on any atom is -0.445 e. The fourth-order valence-electron chi connectivity index (χ4n) is 6.40. The van der Waals surface area contributed by atoms with Crippen LogP contribution in [0.15, 0.2) is 156 Å². The smallest absolute Gasteiger partial charge is 0.0540 e. The average Bonchev–Trinajstić information content (AvgIpc) is 3.43. The van der Waals surface area contributed by atoms with Crippen LogP contribution in [0.5, 0.6) is 0 Å². The first kappa shape index (κ1) is 25.5. The third kappa shape index (κ3) is 4.76. The van der Waals surface area contributed by atoms with E-state index in [0.29, 0.717) is 0 Å². The van der Waals surface area contributed by atoms with Gasteiger partial charge in [0.1, 0.15) is 0 Å². The molecule has 2 unspecified atom stereocenters. The van der Waals surface area contributed by atoms with Crippen molar-refractivity contribution in [1.82, 2.24) is 9.88 Å². The zero-order valence-electron chi connectivity index (χ0n) is 23.8. The van der Waals surface area contributed by atoms with E-state index in [9.17, 15) is 0 Å². The van der Waals surface area contributed by atoms with Gasteiger partial charge in [0.05, 0.1) is 11.0 Å². The van der Waals surface area contributed by atoms with Crippen molar-refractivity contribution in [2.24, 2.45) is 4.99 Å². The fourth-order valence-corrected chi connectivity index (χ4v) is 6.40. The number of nitrogens with zero attached hydrogens (tertiary/aromatic N) is 3. The van der Waals surface area contributed by atoms with Gasteiger partial charge in [-0.1, -0.05) is 133 Å². The van der Waals surface area contributed by atoms with E-state index in [1.165, 1.54) is 38.6 Å². The highest BCUT2D eigenvalue weighted by Crippen LogP contribution is 2.37. The minimum atomic E-state index is -0.192. The predicted octanol–water partition coefficient (Wildman–Crippen LogP) is 9.47. The van der Waals surface area contributed by atoms with Crippen LogP contribution in [0, 0.1) is 0 Å². The second-order valence-electron chi connectivity index (χ2n) is 11.2. The Morgan fingerprint density at radius 2 is 1.28 bits per heavy atom. The third-order valence-corrected chi connectivity index (χ3v) is 8.47. The molecule has 1 aliphatic carbocycles. The topological polar surface area (TPSA) is 43.4 Å². The number of nitrogens with one attached hydrogen (secondary N) is 1. The molecule has 2 heterocycles. The lowest BCUT2D eigenvalue weighted by Gasteiger charge is -2.42. The lowest BCUT2D eigenvalue weighted by molar-refractivity contribution is 0.502. The molecule has 43 heavy (non-hydrogen) atoms. The molecule has 1 aromatic heterocycles. The first-order valence-electron chi connectivity index (χ1n) is 15.0. The number of allylic oxidation sites excluding steroid dienone is 3. The van der Waals surface area contributed by atoms with Crippen LogP contribution in [0.3, 0.4) is 0 Å². The lowest BCUT2D eigenvalue weighted by atomic mass is 9.97. The Morgan fingerprint density at radius 3 is 2.02 bits per heavy atom. The van der Waals surface area contributed by atoms with Crippen LogP contribution in [0.25, 0.3) is 43.9 Å². The maximum Gasteiger partial charge on any atom is 0.0540 e. The van der Waals surface area contributed by atoms with Gasteiger partial charge in [-0.15, -0.1) is 0 Å². The number of rotatable bonds is 5. The standard InChI is InChI=1S/C39H31N4/c1-3-13-27(14-4-1)29-17-11-18-30(25-29)38-40-37(28-15-5-2-6-16-28)41-39(42-38)31-19-12-20-32(26-31)43-35-23-9-7-21-33(35)34-22-8-10-24-36(34)43/h1-11,13-18,20-26,37,39,41H,12,19H2/q-1. The second-order valence-corrected chi connectivity index (χ2v) is 11.2. The van der Waals surface area contributed by atoms with E-state index in [0.717, 1.165) is 35.4 Å². The molecule has 0 saturated heterocycles. The molecule has 0 radical (unpaired) electrons. The van der Waals surface area contributed by atoms with E-state index in [1.807, 2.05) is 0 Å². The van der Waals surface area contributed by atoms with Gasteiger partial charge >= 0.3 is 0 Å². The quantitative estimate of drug-likeness (QED) is 0.226. The molecule has 0 bridgehead atoms. The van der Waals surface area contributed by atoms with Crippen LogP contribution in [-0.2, 0) is 0 Å². The maximum atomic E-state index is 5.26. The van der Waals surface area contributed by atoms with Crippen molar-refractivity contribution in [2.45, 2.75) is 25.2 Å². The Hall–Kier alpha value is -5.19. The van der Waals surface area contributed by atoms with Gasteiger partial charge in [-0.3, -0.25) is 0 Å². The molecule has 8 rings (SSSR count). The number of benzene rings is 5. The summed E-state index contributed by atoms with van der Waals surface area (Å²) in [5, 5.41) is 11.6. The van der Waals surface area contributed by atoms with Gasteiger partial charge in [0.2, 0.25) is 0 Å². The zero-order valence-corrected chi connectivity index (χ0v) is 23.8. The summed E-state index contributed by atoms with van der Waals surface area (Å²) in [5.74, 6) is 0.782. The summed E-state index contributed by atoms with van der Waals surface area (Å²) in [5.41, 5.74) is 9.43. The molecule has 0 saturated carbocycles. The summed E-state index contributed by atoms with van der Waals surface area (Å²) in [6.07, 6.45) is 6.23. The summed E-state index contributed by atoms with van der Waals surface area (Å²) in [4.78, 5) is 5.14. The summed E-state index contributed by atoms with van der Waals surface area (Å²) < 4.78 is 2.40. The normalized spacial score (nSPS) is 18.6. The van der Waals surface area contributed by atoms with Gasteiger partial charge in [0.15, 0.2) is 0 Å². The van der Waals surface area contributed by atoms with Crippen LogP contribution >= 0.6 is 0 Å². The predicted molar refractivity (Wildman–Crippen MR) is 179 cm³/mol. The van der Waals surface area contributed by atoms with Crippen molar-refractivity contribution in [3.8, 4) is 11.1 Å². The summed E-state index contributed by atoms with van der Waals surface area (Å²) in [6.45, 7) is 0. The highest BCUT2D eigenvalue weighted by Gasteiger charge is 2.22. The molecule has 0 fully saturated rings. The Bertz CT molecular complexity index is 1980. The van der Waals surface area contributed by atoms with Gasteiger partial charge in [-0.25, -0.2) is 0 Å². The molecule has 6 aromatic rings. The van der Waals surface area contributed by atoms with Crippen LogP contribution < -0.4 is 5.32 Å². The van der Waals surface area contributed by atoms with E-state index in [2.05, 4.69) is 155 Å². The summed E-state index contributed by atoms with van der Waals surface area (Å²) in [7, 11) is 0. The van der Waals surface area contributed by atoms with Crippen LogP contribution in [0.2, 0.25) is 0 Å². The molecule has 1 aliphatic heterocycles. The molecule has 4 heteroatoms. The second kappa shape index (κ2) is 10.9. The van der Waals surface area contributed by atoms with Crippen molar-refractivity contribution >= 4 is 33.3 Å². The maximum absolute atomic E-state index is 5.26. The molecular formula is C39H31N4-. The Kier molecular flexibility index (Phi) is 6.47. The Labute approximate surface area is 251 Å². The largest absolute Gasteiger partial charge is 0.445 e. The van der Waals surface area contributed by atoms with Gasteiger partial charge in [-0.2, -0.15) is 0 Å². The SMILES string of the molecule is C1=C(C2[N-]C(c3cccc(-c4ccccc4)c3)=NC(c3ccccc3)N2)CCC=C1n1c2ccccc2c2ccccc21. The van der Waals surface area contributed by atoms with Gasteiger partial charge in [0, 0.05) is 28.8 Å². The first-order chi connectivity index (χ1) is 21.3. The number of aliphatic imine (C=N–C) groups is 1. The first-order valence-corrected chi connectivity index (χ1v) is 15.0. The molecule has 2 aliphatic rings. The number of hydrogen-bond donors (Lipinski definition) is 1. The molecule has 5 aromatic carbocycles. The highest BCUT2D eigenvalue weighted by molar-refractivity contribution is 6.11. The van der Waals surface area contributed by atoms with E-state index in [1.54, 1.807) is 0 Å². The van der Waals surface area contributed by atoms with Crippen LogP contribution in [-0.4, -0.2) is 16.6 Å². The van der Waals surface area contributed by atoms with Crippen molar-refractivity contribution in [1.29, 1.82) is 0 Å². The third-order valence-electron chi connectivity index (χ3n) is 8.47. The minimum absolute atomic E-state index is 0.185. The molecule has 1 N–H and O–H groups in total. The zero-order chi connectivity index (χ0) is 28.6. The van der Waals surface area contributed by atoms with Gasteiger partial charge < -0.3 is 20.2 Å². The number of hydrogen-bond acceptors (Lipinski definition) is 2. The molecule has 4 nitrogen and oxygen atoms in total. The molecule has 208 valence electrons. The fraction of sp³-hybridized carbons (Fsp3) is 0.103. The van der Waals surface area contributed by atoms with Crippen molar-refractivity contribution in [3.63, 3.8) is 0 Å². The highest BCUT2D eigenvalue weighted by atomic mass is 15.3. The number of fused-ring (bicyclic) bond motifs is 3. The number of para-hydroxylation sites is 2. The summed E-state index contributed by atoms with van der Waals surface area (Å²) in [6, 6.07) is 46.9. The van der Waals surface area contributed by atoms with Crippen molar-refractivity contribution in [3.05, 3.63) is 168 Å². The summed E-state index contributed by atoms with van der Waals surface area (Å²) >= 11 is 0. The monoisotopic (exact) mass is 555 g/mol. The van der Waals surface area contributed by atoms with E-state index < -0.39 is 0 Å². The van der Waals surface area contributed by atoms with Gasteiger partial charge in [0.25, 0.3) is 0 Å². The van der Waals surface area contributed by atoms with E-state index in [-0.39, 0.29) is 12.3 Å². The van der Waals surface area contributed by atoms with E-state index >= 15 is 0 Å². The molecular weight excluding hydrogens is 524 g/mol. The number of aromatic nitrogens is 1. The molecule has 0 spiro atoms. The van der Waals surface area contributed by atoms with Gasteiger partial charge in [-0.05, 0) is 59.4 Å². The average molecular weight is 556 g/mol. The van der Waals surface area contributed by atoms with Crippen LogP contribution in [0.1, 0.15) is 30.1 Å². The Balaban J connectivity index is 1.19. The van der Waals surface area contributed by atoms with Crippen LogP contribution in [0.4, 0.5) is 0 Å². The Morgan fingerprint density at radius 1 is 0.651 bits per heavy atom. The molecule has 2 atom stereocenters. The lowest BCUT2D eigenvalue weighted by Crippen LogP contribution is -2.39. The van der Waals surface area contributed by atoms with Crippen molar-refractivity contribution < 1.29 is 0 Å². The number of amidine groups is 1.